The number of nitrogens with one attached hydrogen (secondary N) is 1. The third-order valence-corrected chi connectivity index (χ3v) is 5.10. The molecule has 2 unspecified atom stereocenters. The molecule has 1 fully saturated rings. The smallest absolute Gasteiger partial charge is 0.317 e. The molecule has 6 heteroatoms. The van der Waals surface area contributed by atoms with Gasteiger partial charge in [0.15, 0.2) is 0 Å². The van der Waals surface area contributed by atoms with E-state index in [9.17, 15) is 14.7 Å². The normalized spacial score (nSPS) is 21.8. The SMILES string of the molecule is CC(C)C(CNC(=O)N1CCC(C)(C(=O)O)C1)c1ccc(Cl)cc1. The van der Waals surface area contributed by atoms with Gasteiger partial charge in [-0.2, -0.15) is 0 Å². The minimum Gasteiger partial charge on any atom is -0.481 e. The Kier molecular flexibility index (Phi) is 5.75. The van der Waals surface area contributed by atoms with Gasteiger partial charge in [-0.25, -0.2) is 4.79 Å². The number of hydrogen-bond acceptors (Lipinski definition) is 2. The number of amides is 2. The second kappa shape index (κ2) is 7.43. The number of benzene rings is 1. The maximum Gasteiger partial charge on any atom is 0.317 e. The number of nitrogens with zero attached hydrogens (tertiary/aromatic N) is 1. The van der Waals surface area contributed by atoms with Crippen LogP contribution in [0.4, 0.5) is 4.79 Å². The zero-order chi connectivity index (χ0) is 17.9. The summed E-state index contributed by atoms with van der Waals surface area (Å²) < 4.78 is 0. The fraction of sp³-hybridized carbons (Fsp3) is 0.556. The van der Waals surface area contributed by atoms with Crippen LogP contribution in [0.25, 0.3) is 0 Å². The fourth-order valence-corrected chi connectivity index (χ4v) is 3.19. The van der Waals surface area contributed by atoms with E-state index in [-0.39, 0.29) is 18.5 Å². The van der Waals surface area contributed by atoms with Crippen molar-refractivity contribution in [1.29, 1.82) is 0 Å². The number of rotatable bonds is 5. The summed E-state index contributed by atoms with van der Waals surface area (Å²) in [5.74, 6) is -0.312. The van der Waals surface area contributed by atoms with Gasteiger partial charge in [-0.05, 0) is 37.0 Å². The van der Waals surface area contributed by atoms with E-state index in [4.69, 9.17) is 11.6 Å². The van der Waals surface area contributed by atoms with Crippen LogP contribution in [-0.2, 0) is 4.79 Å². The molecule has 0 aromatic heterocycles. The van der Waals surface area contributed by atoms with E-state index in [1.165, 1.54) is 0 Å². The first-order valence-corrected chi connectivity index (χ1v) is 8.62. The summed E-state index contributed by atoms with van der Waals surface area (Å²) in [5.41, 5.74) is 0.289. The van der Waals surface area contributed by atoms with Crippen molar-refractivity contribution in [2.45, 2.75) is 33.1 Å². The molecule has 1 aromatic rings. The monoisotopic (exact) mass is 352 g/mol. The number of halogens is 1. The average Bonchev–Trinajstić information content (AvgIpc) is 2.93. The zero-order valence-electron chi connectivity index (χ0n) is 14.4. The van der Waals surface area contributed by atoms with E-state index in [1.54, 1.807) is 11.8 Å². The van der Waals surface area contributed by atoms with E-state index in [0.717, 1.165) is 5.56 Å². The molecule has 0 radical (unpaired) electrons. The predicted octanol–water partition coefficient (Wildman–Crippen LogP) is 3.59. The van der Waals surface area contributed by atoms with Crippen LogP contribution in [-0.4, -0.2) is 41.6 Å². The zero-order valence-corrected chi connectivity index (χ0v) is 15.1. The van der Waals surface area contributed by atoms with Crippen LogP contribution in [0, 0.1) is 11.3 Å². The minimum atomic E-state index is -0.848. The number of likely N-dealkylation sites (tertiary alicyclic amines) is 1. The maximum atomic E-state index is 12.4. The van der Waals surface area contributed by atoms with Crippen molar-refractivity contribution in [2.75, 3.05) is 19.6 Å². The van der Waals surface area contributed by atoms with Crippen molar-refractivity contribution in [3.8, 4) is 0 Å². The summed E-state index contributed by atoms with van der Waals surface area (Å²) in [4.78, 5) is 25.2. The van der Waals surface area contributed by atoms with Crippen molar-refractivity contribution in [1.82, 2.24) is 10.2 Å². The van der Waals surface area contributed by atoms with Gasteiger partial charge in [0.25, 0.3) is 0 Å². The summed E-state index contributed by atoms with van der Waals surface area (Å²) in [5, 5.41) is 12.9. The topological polar surface area (TPSA) is 69.6 Å². The van der Waals surface area contributed by atoms with Crippen molar-refractivity contribution in [2.24, 2.45) is 11.3 Å². The second-order valence-corrected chi connectivity index (χ2v) is 7.56. The Morgan fingerprint density at radius 1 is 1.33 bits per heavy atom. The van der Waals surface area contributed by atoms with Crippen molar-refractivity contribution < 1.29 is 14.7 Å². The lowest BCUT2D eigenvalue weighted by Crippen LogP contribution is -2.42. The Balaban J connectivity index is 1.96. The number of hydrogen-bond donors (Lipinski definition) is 2. The van der Waals surface area contributed by atoms with E-state index in [2.05, 4.69) is 19.2 Å². The molecule has 0 bridgehead atoms. The van der Waals surface area contributed by atoms with Crippen LogP contribution in [0.2, 0.25) is 5.02 Å². The van der Waals surface area contributed by atoms with Gasteiger partial charge in [-0.15, -0.1) is 0 Å². The lowest BCUT2D eigenvalue weighted by molar-refractivity contribution is -0.146. The highest BCUT2D eigenvalue weighted by molar-refractivity contribution is 6.30. The molecule has 132 valence electrons. The molecule has 24 heavy (non-hydrogen) atoms. The van der Waals surface area contributed by atoms with Crippen LogP contribution in [0.1, 0.15) is 38.7 Å². The number of carbonyl (C=O) groups is 2. The van der Waals surface area contributed by atoms with Crippen molar-refractivity contribution in [3.05, 3.63) is 34.9 Å². The summed E-state index contributed by atoms with van der Waals surface area (Å²) in [6.07, 6.45) is 0.487. The first-order chi connectivity index (χ1) is 11.2. The van der Waals surface area contributed by atoms with Crippen LogP contribution in [0.15, 0.2) is 24.3 Å². The van der Waals surface area contributed by atoms with Gasteiger partial charge in [-0.3, -0.25) is 4.79 Å². The molecule has 1 saturated heterocycles. The fourth-order valence-electron chi connectivity index (χ4n) is 3.07. The highest BCUT2D eigenvalue weighted by atomic mass is 35.5. The van der Waals surface area contributed by atoms with Gasteiger partial charge < -0.3 is 15.3 Å². The first-order valence-electron chi connectivity index (χ1n) is 8.24. The first kappa shape index (κ1) is 18.6. The maximum absolute atomic E-state index is 12.4. The molecule has 2 N–H and O–H groups in total. The molecule has 0 spiro atoms. The molecule has 0 saturated carbocycles. The van der Waals surface area contributed by atoms with Crippen molar-refractivity contribution >= 4 is 23.6 Å². The van der Waals surface area contributed by atoms with E-state index >= 15 is 0 Å². The van der Waals surface area contributed by atoms with Gasteiger partial charge in [0, 0.05) is 30.6 Å². The summed E-state index contributed by atoms with van der Waals surface area (Å²) in [7, 11) is 0. The largest absolute Gasteiger partial charge is 0.481 e. The predicted molar refractivity (Wildman–Crippen MR) is 94.4 cm³/mol. The molecule has 2 rings (SSSR count). The summed E-state index contributed by atoms with van der Waals surface area (Å²) in [6, 6.07) is 7.48. The van der Waals surface area contributed by atoms with Gasteiger partial charge in [-0.1, -0.05) is 37.6 Å². The lowest BCUT2D eigenvalue weighted by atomic mass is 9.88. The Morgan fingerprint density at radius 3 is 2.46 bits per heavy atom. The molecule has 2 amide bonds. The van der Waals surface area contributed by atoms with Gasteiger partial charge in [0.05, 0.1) is 5.41 Å². The quantitative estimate of drug-likeness (QED) is 0.850. The van der Waals surface area contributed by atoms with E-state index in [0.29, 0.717) is 30.5 Å². The molecule has 2 atom stereocenters. The molecule has 1 aliphatic rings. The van der Waals surface area contributed by atoms with Crippen LogP contribution >= 0.6 is 11.6 Å². The Labute approximate surface area is 148 Å². The Morgan fingerprint density at radius 2 is 1.96 bits per heavy atom. The molecular weight excluding hydrogens is 328 g/mol. The molecular formula is C18H25ClN2O3. The Hall–Kier alpha value is -1.75. The number of carboxylic acids is 1. The van der Waals surface area contributed by atoms with Crippen LogP contribution in [0.5, 0.6) is 0 Å². The van der Waals surface area contributed by atoms with Gasteiger partial charge in [0.1, 0.15) is 0 Å². The number of urea groups is 1. The minimum absolute atomic E-state index is 0.180. The number of carbonyl (C=O) groups excluding carboxylic acids is 1. The van der Waals surface area contributed by atoms with Gasteiger partial charge >= 0.3 is 12.0 Å². The number of carboxylic acid groups (broad SMARTS) is 1. The van der Waals surface area contributed by atoms with E-state index < -0.39 is 11.4 Å². The van der Waals surface area contributed by atoms with Crippen molar-refractivity contribution in [3.63, 3.8) is 0 Å². The third kappa shape index (κ3) is 4.20. The molecule has 5 nitrogen and oxygen atoms in total. The van der Waals surface area contributed by atoms with Gasteiger partial charge in [0.2, 0.25) is 0 Å². The molecule has 0 aliphatic carbocycles. The van der Waals surface area contributed by atoms with E-state index in [1.807, 2.05) is 24.3 Å². The average molecular weight is 353 g/mol. The van der Waals surface area contributed by atoms with Crippen LogP contribution in [0.3, 0.4) is 0 Å². The lowest BCUT2D eigenvalue weighted by Gasteiger charge is -2.25. The second-order valence-electron chi connectivity index (χ2n) is 7.13. The standard InChI is InChI=1S/C18H25ClN2O3/c1-12(2)15(13-4-6-14(19)7-5-13)10-20-17(24)21-9-8-18(3,11-21)16(22)23/h4-7,12,15H,8-11H2,1-3H3,(H,20,24)(H,22,23). The molecule has 1 heterocycles. The van der Waals surface area contributed by atoms with Crippen LogP contribution < -0.4 is 5.32 Å². The highest BCUT2D eigenvalue weighted by Gasteiger charge is 2.42. The third-order valence-electron chi connectivity index (χ3n) is 4.85. The molecule has 1 aromatic carbocycles. The summed E-state index contributed by atoms with van der Waals surface area (Å²) >= 11 is 5.94. The molecule has 1 aliphatic heterocycles. The highest BCUT2D eigenvalue weighted by Crippen LogP contribution is 2.30. The summed E-state index contributed by atoms with van der Waals surface area (Å²) in [6.45, 7) is 7.15. The number of aliphatic carboxylic acids is 1. The Bertz CT molecular complexity index is 603.